The van der Waals surface area contributed by atoms with Gasteiger partial charge in [0.1, 0.15) is 0 Å². The molecule has 0 spiro atoms. The second kappa shape index (κ2) is 8.47. The van der Waals surface area contributed by atoms with Gasteiger partial charge in [-0.25, -0.2) is 4.79 Å². The number of halogens is 1. The fourth-order valence-electron chi connectivity index (χ4n) is 2.50. The first kappa shape index (κ1) is 18.6. The van der Waals surface area contributed by atoms with Crippen LogP contribution in [0.3, 0.4) is 0 Å². The van der Waals surface area contributed by atoms with Gasteiger partial charge in [-0.3, -0.25) is 9.78 Å². The summed E-state index contributed by atoms with van der Waals surface area (Å²) in [5, 5.41) is 4.13. The van der Waals surface area contributed by atoms with Crippen molar-refractivity contribution in [3.05, 3.63) is 77.5 Å². The highest BCUT2D eigenvalue weighted by Gasteiger charge is 2.16. The van der Waals surface area contributed by atoms with Crippen molar-refractivity contribution in [2.24, 2.45) is 0 Å². The Hall–Kier alpha value is -3.18. The molecular weight excluding hydrogens is 364 g/mol. The predicted octanol–water partition coefficient (Wildman–Crippen LogP) is 4.47. The Morgan fingerprint density at radius 3 is 2.74 bits per heavy atom. The lowest BCUT2D eigenvalue weighted by molar-refractivity contribution is -0.148. The second-order valence-corrected chi connectivity index (χ2v) is 6.27. The molecule has 27 heavy (non-hydrogen) atoms. The van der Waals surface area contributed by atoms with E-state index in [1.54, 1.807) is 36.5 Å². The number of benzene rings is 2. The molecular formula is C21H17ClN2O3. The summed E-state index contributed by atoms with van der Waals surface area (Å²) < 4.78 is 5.16. The molecule has 1 unspecified atom stereocenters. The van der Waals surface area contributed by atoms with Gasteiger partial charge in [-0.05, 0) is 37.3 Å². The number of carbonyl (C=O) groups is 2. The first-order chi connectivity index (χ1) is 13.0. The van der Waals surface area contributed by atoms with E-state index >= 15 is 0 Å². The molecule has 0 fully saturated rings. The van der Waals surface area contributed by atoms with Crippen molar-refractivity contribution >= 4 is 46.1 Å². The van der Waals surface area contributed by atoms with Gasteiger partial charge in [-0.15, -0.1) is 0 Å². The summed E-state index contributed by atoms with van der Waals surface area (Å²) in [6.45, 7) is 1.51. The van der Waals surface area contributed by atoms with Crippen molar-refractivity contribution in [1.82, 2.24) is 4.98 Å². The summed E-state index contributed by atoms with van der Waals surface area (Å²) >= 11 is 5.88. The van der Waals surface area contributed by atoms with Crippen LogP contribution < -0.4 is 5.32 Å². The number of aromatic nitrogens is 1. The molecule has 0 bridgehead atoms. The molecule has 0 aliphatic rings. The molecule has 1 amide bonds. The number of ether oxygens (including phenoxy) is 1. The molecule has 6 heteroatoms. The molecule has 0 saturated carbocycles. The molecule has 2 aromatic carbocycles. The molecule has 0 aliphatic heterocycles. The minimum atomic E-state index is -0.952. The van der Waals surface area contributed by atoms with Crippen molar-refractivity contribution < 1.29 is 14.3 Å². The Bertz CT molecular complexity index is 1010. The van der Waals surface area contributed by atoms with Crippen molar-refractivity contribution in [3.8, 4) is 0 Å². The zero-order valence-corrected chi connectivity index (χ0v) is 15.3. The summed E-state index contributed by atoms with van der Waals surface area (Å²) in [4.78, 5) is 28.5. The predicted molar refractivity (Wildman–Crippen MR) is 106 cm³/mol. The number of hydrogen-bond donors (Lipinski definition) is 1. The number of pyridine rings is 1. The standard InChI is InChI=1S/C21H17ClN2O3/c1-14(21(26)24-18-9-3-8-17(22)13-18)27-19(25)11-10-16-6-2-5-15-7-4-12-23-20(15)16/h2-14H,1H3,(H,24,26)/b11-10+. The molecule has 1 heterocycles. The molecule has 3 rings (SSSR count). The lowest BCUT2D eigenvalue weighted by Gasteiger charge is -2.12. The first-order valence-corrected chi connectivity index (χ1v) is 8.69. The van der Waals surface area contributed by atoms with E-state index in [9.17, 15) is 9.59 Å². The number of nitrogens with one attached hydrogen (secondary N) is 1. The Kier molecular flexibility index (Phi) is 5.84. The van der Waals surface area contributed by atoms with Crippen LogP contribution in [0.25, 0.3) is 17.0 Å². The second-order valence-electron chi connectivity index (χ2n) is 5.83. The third-order valence-electron chi connectivity index (χ3n) is 3.82. The summed E-state index contributed by atoms with van der Waals surface area (Å²) in [6, 6.07) is 16.2. The van der Waals surface area contributed by atoms with Gasteiger partial charge in [0.2, 0.25) is 0 Å². The van der Waals surface area contributed by atoms with Gasteiger partial charge in [0.15, 0.2) is 6.10 Å². The van der Waals surface area contributed by atoms with Crippen LogP contribution in [0.1, 0.15) is 12.5 Å². The monoisotopic (exact) mass is 380 g/mol. The fourth-order valence-corrected chi connectivity index (χ4v) is 2.69. The van der Waals surface area contributed by atoms with Crippen LogP contribution in [0.5, 0.6) is 0 Å². The molecule has 1 N–H and O–H groups in total. The molecule has 0 saturated heterocycles. The normalized spacial score (nSPS) is 12.1. The first-order valence-electron chi connectivity index (χ1n) is 8.32. The summed E-state index contributed by atoms with van der Waals surface area (Å²) in [5.74, 6) is -1.05. The number of hydrogen-bond acceptors (Lipinski definition) is 4. The van der Waals surface area contributed by atoms with Crippen LogP contribution in [0.2, 0.25) is 5.02 Å². The van der Waals surface area contributed by atoms with E-state index < -0.39 is 18.0 Å². The highest BCUT2D eigenvalue weighted by molar-refractivity contribution is 6.30. The lowest BCUT2D eigenvalue weighted by Crippen LogP contribution is -2.29. The zero-order valence-electron chi connectivity index (χ0n) is 14.6. The number of carbonyl (C=O) groups excluding carboxylic acids is 2. The van der Waals surface area contributed by atoms with E-state index in [1.807, 2.05) is 30.3 Å². The van der Waals surface area contributed by atoms with Crippen LogP contribution >= 0.6 is 11.6 Å². The number of anilines is 1. The zero-order chi connectivity index (χ0) is 19.2. The highest BCUT2D eigenvalue weighted by atomic mass is 35.5. The molecule has 1 atom stereocenters. The van der Waals surface area contributed by atoms with Gasteiger partial charge < -0.3 is 10.1 Å². The Morgan fingerprint density at radius 2 is 1.93 bits per heavy atom. The van der Waals surface area contributed by atoms with Gasteiger partial charge >= 0.3 is 5.97 Å². The number of esters is 1. The van der Waals surface area contributed by atoms with Crippen molar-refractivity contribution in [1.29, 1.82) is 0 Å². The third-order valence-corrected chi connectivity index (χ3v) is 4.05. The number of rotatable bonds is 5. The average Bonchev–Trinajstić information content (AvgIpc) is 2.66. The van der Waals surface area contributed by atoms with Crippen LogP contribution in [-0.2, 0) is 14.3 Å². The third kappa shape index (κ3) is 4.92. The molecule has 136 valence electrons. The van der Waals surface area contributed by atoms with E-state index in [0.717, 1.165) is 16.5 Å². The van der Waals surface area contributed by atoms with Gasteiger partial charge in [-0.1, -0.05) is 41.9 Å². The minimum absolute atomic E-state index is 0.439. The van der Waals surface area contributed by atoms with E-state index in [1.165, 1.54) is 13.0 Å². The summed E-state index contributed by atoms with van der Waals surface area (Å²) in [5.41, 5.74) is 2.12. The van der Waals surface area contributed by atoms with Gasteiger partial charge in [0, 0.05) is 33.9 Å². The maximum atomic E-state index is 12.1. The van der Waals surface area contributed by atoms with Crippen molar-refractivity contribution in [3.63, 3.8) is 0 Å². The van der Waals surface area contributed by atoms with Crippen molar-refractivity contribution in [2.45, 2.75) is 13.0 Å². The maximum Gasteiger partial charge on any atom is 0.331 e. The number of nitrogens with zero attached hydrogens (tertiary/aromatic N) is 1. The Labute approximate surface area is 161 Å². The van der Waals surface area contributed by atoms with E-state index in [0.29, 0.717) is 10.7 Å². The number of para-hydroxylation sites is 1. The van der Waals surface area contributed by atoms with Gasteiger partial charge in [0.05, 0.1) is 5.52 Å². The minimum Gasteiger partial charge on any atom is -0.449 e. The molecule has 0 radical (unpaired) electrons. The lowest BCUT2D eigenvalue weighted by atomic mass is 10.1. The Morgan fingerprint density at radius 1 is 1.15 bits per heavy atom. The van der Waals surface area contributed by atoms with Gasteiger partial charge in [0.25, 0.3) is 5.91 Å². The number of amides is 1. The van der Waals surface area contributed by atoms with E-state index in [4.69, 9.17) is 16.3 Å². The van der Waals surface area contributed by atoms with Crippen LogP contribution in [-0.4, -0.2) is 23.0 Å². The molecule has 3 aromatic rings. The van der Waals surface area contributed by atoms with Gasteiger partial charge in [-0.2, -0.15) is 0 Å². The number of fused-ring (bicyclic) bond motifs is 1. The fraction of sp³-hybridized carbons (Fsp3) is 0.0952. The molecule has 0 aliphatic carbocycles. The molecule has 5 nitrogen and oxygen atoms in total. The van der Waals surface area contributed by atoms with Crippen LogP contribution in [0, 0.1) is 0 Å². The molecule has 1 aromatic heterocycles. The largest absolute Gasteiger partial charge is 0.449 e. The van der Waals surface area contributed by atoms with E-state index in [-0.39, 0.29) is 0 Å². The maximum absolute atomic E-state index is 12.1. The summed E-state index contributed by atoms with van der Waals surface area (Å²) in [7, 11) is 0. The van der Waals surface area contributed by atoms with E-state index in [2.05, 4.69) is 10.3 Å². The average molecular weight is 381 g/mol. The van der Waals surface area contributed by atoms with Crippen LogP contribution in [0.4, 0.5) is 5.69 Å². The topological polar surface area (TPSA) is 68.3 Å². The van der Waals surface area contributed by atoms with Crippen molar-refractivity contribution in [2.75, 3.05) is 5.32 Å². The Balaban J connectivity index is 1.62. The van der Waals surface area contributed by atoms with Crippen LogP contribution in [0.15, 0.2) is 66.9 Å². The highest BCUT2D eigenvalue weighted by Crippen LogP contribution is 2.17. The summed E-state index contributed by atoms with van der Waals surface area (Å²) in [6.07, 6.45) is 3.65. The smallest absolute Gasteiger partial charge is 0.331 e. The quantitative estimate of drug-likeness (QED) is 0.523. The SMILES string of the molecule is CC(OC(=O)/C=C/c1cccc2cccnc12)C(=O)Nc1cccc(Cl)c1.